The van der Waals surface area contributed by atoms with Crippen molar-refractivity contribution >= 4 is 0 Å². The van der Waals surface area contributed by atoms with E-state index in [0.717, 1.165) is 30.9 Å². The number of nitrogens with zero attached hydrogens (tertiary/aromatic N) is 2. The molecule has 0 N–H and O–H groups in total. The molecule has 0 spiro atoms. The van der Waals surface area contributed by atoms with E-state index in [0.29, 0.717) is 0 Å². The van der Waals surface area contributed by atoms with Crippen LogP contribution in [-0.4, -0.2) is 9.55 Å². The predicted molar refractivity (Wildman–Crippen MR) is 105 cm³/mol. The molecule has 0 bridgehead atoms. The molecular formula is C24H21N2. The molecule has 127 valence electrons. The molecule has 0 aliphatic rings. The van der Waals surface area contributed by atoms with Gasteiger partial charge >= 0.3 is 0 Å². The van der Waals surface area contributed by atoms with E-state index in [9.17, 15) is 0 Å². The summed E-state index contributed by atoms with van der Waals surface area (Å²) < 4.78 is 2.17. The predicted octanol–water partition coefficient (Wildman–Crippen LogP) is 4.91. The maximum absolute atomic E-state index is 4.90. The third-order valence-corrected chi connectivity index (χ3v) is 4.44. The second-order valence-electron chi connectivity index (χ2n) is 6.48. The first kappa shape index (κ1) is 16.3. The third kappa shape index (κ3) is 4.09. The second kappa shape index (κ2) is 7.83. The molecule has 0 fully saturated rings. The summed E-state index contributed by atoms with van der Waals surface area (Å²) >= 11 is 0. The van der Waals surface area contributed by atoms with Crippen molar-refractivity contribution in [2.45, 2.75) is 19.4 Å². The van der Waals surface area contributed by atoms with Gasteiger partial charge in [-0.2, -0.15) is 0 Å². The average molecular weight is 337 g/mol. The zero-order valence-corrected chi connectivity index (χ0v) is 14.7. The van der Waals surface area contributed by atoms with Crippen LogP contribution in [0, 0.1) is 6.20 Å². The largest absolute Gasteiger partial charge is 0.322 e. The van der Waals surface area contributed by atoms with Gasteiger partial charge in [-0.05, 0) is 16.7 Å². The maximum atomic E-state index is 4.90. The van der Waals surface area contributed by atoms with E-state index >= 15 is 0 Å². The van der Waals surface area contributed by atoms with E-state index in [1.807, 2.05) is 18.2 Å². The van der Waals surface area contributed by atoms with Crippen LogP contribution in [0.25, 0.3) is 0 Å². The fourth-order valence-corrected chi connectivity index (χ4v) is 3.14. The molecule has 3 aromatic carbocycles. The van der Waals surface area contributed by atoms with Crippen LogP contribution in [0.4, 0.5) is 0 Å². The highest BCUT2D eigenvalue weighted by Gasteiger charge is 2.11. The zero-order valence-electron chi connectivity index (χ0n) is 14.7. The third-order valence-electron chi connectivity index (χ3n) is 4.44. The SMILES string of the molecule is [c]1c(Cc2ccccc2)nc(Cc2ccccc2)n1Cc1ccccc1. The molecule has 1 heterocycles. The van der Waals surface area contributed by atoms with E-state index in [1.165, 1.54) is 16.7 Å². The Labute approximate surface area is 154 Å². The Bertz CT molecular complexity index is 882. The van der Waals surface area contributed by atoms with Crippen molar-refractivity contribution in [2.24, 2.45) is 0 Å². The van der Waals surface area contributed by atoms with Crippen molar-refractivity contribution in [1.82, 2.24) is 9.55 Å². The summed E-state index contributed by atoms with van der Waals surface area (Å²) in [6.07, 6.45) is 5.13. The van der Waals surface area contributed by atoms with Gasteiger partial charge in [0.2, 0.25) is 0 Å². The summed E-state index contributed by atoms with van der Waals surface area (Å²) in [5, 5.41) is 0. The molecule has 0 atom stereocenters. The highest BCUT2D eigenvalue weighted by molar-refractivity contribution is 5.25. The monoisotopic (exact) mass is 337 g/mol. The fourth-order valence-electron chi connectivity index (χ4n) is 3.14. The van der Waals surface area contributed by atoms with Crippen LogP contribution < -0.4 is 0 Å². The lowest BCUT2D eigenvalue weighted by Crippen LogP contribution is -2.05. The van der Waals surface area contributed by atoms with E-state index in [-0.39, 0.29) is 0 Å². The van der Waals surface area contributed by atoms with E-state index in [4.69, 9.17) is 4.98 Å². The first-order valence-electron chi connectivity index (χ1n) is 8.96. The number of hydrogen-bond donors (Lipinski definition) is 0. The quantitative estimate of drug-likeness (QED) is 0.489. The Morgan fingerprint density at radius 1 is 0.615 bits per heavy atom. The number of benzene rings is 3. The van der Waals surface area contributed by atoms with Gasteiger partial charge in [0.15, 0.2) is 0 Å². The minimum atomic E-state index is 0.796. The lowest BCUT2D eigenvalue weighted by Gasteiger charge is -2.07. The van der Waals surface area contributed by atoms with Crippen LogP contribution in [0.3, 0.4) is 0 Å². The highest BCUT2D eigenvalue weighted by Crippen LogP contribution is 2.15. The van der Waals surface area contributed by atoms with Gasteiger partial charge in [-0.1, -0.05) is 91.0 Å². The minimum absolute atomic E-state index is 0.796. The smallest absolute Gasteiger partial charge is 0.114 e. The van der Waals surface area contributed by atoms with Gasteiger partial charge in [0, 0.05) is 19.4 Å². The molecule has 2 heteroatoms. The lowest BCUT2D eigenvalue weighted by atomic mass is 10.1. The molecule has 4 rings (SSSR count). The van der Waals surface area contributed by atoms with Crippen molar-refractivity contribution < 1.29 is 0 Å². The van der Waals surface area contributed by atoms with Crippen molar-refractivity contribution in [2.75, 3.05) is 0 Å². The first-order valence-corrected chi connectivity index (χ1v) is 8.96. The molecule has 0 aliphatic heterocycles. The Morgan fingerprint density at radius 3 is 1.69 bits per heavy atom. The molecule has 0 saturated heterocycles. The Morgan fingerprint density at radius 2 is 1.12 bits per heavy atom. The Balaban J connectivity index is 1.63. The van der Waals surface area contributed by atoms with Gasteiger partial charge in [0.25, 0.3) is 0 Å². The van der Waals surface area contributed by atoms with Gasteiger partial charge in [0.05, 0.1) is 11.9 Å². The van der Waals surface area contributed by atoms with E-state index in [2.05, 4.69) is 83.6 Å². The fraction of sp³-hybridized carbons (Fsp3) is 0.125. The molecule has 0 unspecified atom stereocenters. The molecule has 1 aromatic heterocycles. The van der Waals surface area contributed by atoms with Crippen LogP contribution >= 0.6 is 0 Å². The summed E-state index contributed by atoms with van der Waals surface area (Å²) in [4.78, 5) is 4.90. The van der Waals surface area contributed by atoms with Crippen LogP contribution in [0.15, 0.2) is 91.0 Å². The zero-order chi connectivity index (χ0) is 17.6. The van der Waals surface area contributed by atoms with Crippen molar-refractivity contribution in [3.8, 4) is 0 Å². The van der Waals surface area contributed by atoms with Crippen molar-refractivity contribution in [1.29, 1.82) is 0 Å². The molecular weight excluding hydrogens is 316 g/mol. The van der Waals surface area contributed by atoms with Crippen molar-refractivity contribution in [3.63, 3.8) is 0 Å². The maximum Gasteiger partial charge on any atom is 0.114 e. The summed E-state index contributed by atoms with van der Waals surface area (Å²) in [6.45, 7) is 0.796. The van der Waals surface area contributed by atoms with Gasteiger partial charge in [-0.3, -0.25) is 0 Å². The van der Waals surface area contributed by atoms with Crippen molar-refractivity contribution in [3.05, 3.63) is 125 Å². The van der Waals surface area contributed by atoms with Gasteiger partial charge in [0.1, 0.15) is 5.82 Å². The molecule has 1 radical (unpaired) electrons. The summed E-state index contributed by atoms with van der Waals surface area (Å²) in [5.74, 6) is 1.06. The number of hydrogen-bond acceptors (Lipinski definition) is 1. The standard InChI is InChI=1S/C24H21N2/c1-4-10-20(11-5-1)16-23-19-26(18-22-14-8-3-9-15-22)24(25-23)17-21-12-6-2-7-13-21/h1-15H,16-18H2. The normalized spacial score (nSPS) is 10.8. The van der Waals surface area contributed by atoms with Gasteiger partial charge < -0.3 is 4.57 Å². The number of aromatic nitrogens is 2. The first-order chi connectivity index (χ1) is 12.9. The Kier molecular flexibility index (Phi) is 4.92. The summed E-state index contributed by atoms with van der Waals surface area (Å²) in [6, 6.07) is 31.5. The van der Waals surface area contributed by atoms with Crippen LogP contribution in [0.2, 0.25) is 0 Å². The molecule has 4 aromatic rings. The van der Waals surface area contributed by atoms with E-state index < -0.39 is 0 Å². The number of imidazole rings is 1. The summed E-state index contributed by atoms with van der Waals surface area (Å²) in [5.41, 5.74) is 4.80. The number of rotatable bonds is 6. The molecule has 26 heavy (non-hydrogen) atoms. The molecule has 0 aliphatic carbocycles. The molecule has 0 amide bonds. The average Bonchev–Trinajstić information content (AvgIpc) is 3.05. The van der Waals surface area contributed by atoms with Crippen LogP contribution in [-0.2, 0) is 19.4 Å². The second-order valence-corrected chi connectivity index (χ2v) is 6.48. The summed E-state index contributed by atoms with van der Waals surface area (Å²) in [7, 11) is 0. The molecule has 0 saturated carbocycles. The Hall–Kier alpha value is -3.13. The highest BCUT2D eigenvalue weighted by atomic mass is 15.1. The minimum Gasteiger partial charge on any atom is -0.322 e. The van der Waals surface area contributed by atoms with Crippen LogP contribution in [0.5, 0.6) is 0 Å². The van der Waals surface area contributed by atoms with Gasteiger partial charge in [-0.15, -0.1) is 0 Å². The molecule has 2 nitrogen and oxygen atoms in total. The topological polar surface area (TPSA) is 17.8 Å². The van der Waals surface area contributed by atoms with E-state index in [1.54, 1.807) is 0 Å². The van der Waals surface area contributed by atoms with Gasteiger partial charge in [-0.25, -0.2) is 4.98 Å². The lowest BCUT2D eigenvalue weighted by molar-refractivity contribution is 0.736. The van der Waals surface area contributed by atoms with Crippen LogP contribution in [0.1, 0.15) is 28.2 Å².